The van der Waals surface area contributed by atoms with E-state index in [0.29, 0.717) is 19.6 Å². The molecule has 6 heteroatoms. The van der Waals surface area contributed by atoms with Gasteiger partial charge in [0.2, 0.25) is 11.8 Å². The Hall–Kier alpha value is -3.28. The van der Waals surface area contributed by atoms with Crippen LogP contribution in [0.2, 0.25) is 0 Å². The maximum atomic E-state index is 13.1. The van der Waals surface area contributed by atoms with E-state index in [4.69, 9.17) is 0 Å². The summed E-state index contributed by atoms with van der Waals surface area (Å²) in [7, 11) is 0. The van der Waals surface area contributed by atoms with Crippen molar-refractivity contribution >= 4 is 28.5 Å². The lowest BCUT2D eigenvalue weighted by molar-refractivity contribution is -0.136. The molecule has 1 fully saturated rings. The van der Waals surface area contributed by atoms with Gasteiger partial charge in [-0.2, -0.15) is 0 Å². The fraction of sp³-hybridized carbons (Fsp3) is 0.273. The van der Waals surface area contributed by atoms with E-state index < -0.39 is 0 Å². The molecule has 1 unspecified atom stereocenters. The monoisotopic (exact) mass is 372 g/mol. The van der Waals surface area contributed by atoms with E-state index >= 15 is 0 Å². The molecule has 0 spiro atoms. The third-order valence-electron chi connectivity index (χ3n) is 5.59. The number of anilines is 1. The van der Waals surface area contributed by atoms with Gasteiger partial charge in [-0.25, -0.2) is 9.97 Å². The number of rotatable bonds is 2. The van der Waals surface area contributed by atoms with Gasteiger partial charge < -0.3 is 9.80 Å². The highest BCUT2D eigenvalue weighted by atomic mass is 16.2. The van der Waals surface area contributed by atoms with Crippen molar-refractivity contribution in [1.29, 1.82) is 0 Å². The molecule has 2 amide bonds. The highest BCUT2D eigenvalue weighted by molar-refractivity contribution is 6.00. The van der Waals surface area contributed by atoms with E-state index in [-0.39, 0.29) is 24.2 Å². The van der Waals surface area contributed by atoms with E-state index in [2.05, 4.69) is 16.0 Å². The summed E-state index contributed by atoms with van der Waals surface area (Å²) in [6.07, 6.45) is 2.74. The minimum absolute atomic E-state index is 0.0145. The Morgan fingerprint density at radius 1 is 1.11 bits per heavy atom. The second kappa shape index (κ2) is 6.71. The van der Waals surface area contributed by atoms with E-state index in [1.807, 2.05) is 47.4 Å². The van der Waals surface area contributed by atoms with Crippen molar-refractivity contribution < 1.29 is 9.59 Å². The molecular formula is C22H20N4O2. The Morgan fingerprint density at radius 2 is 1.96 bits per heavy atom. The van der Waals surface area contributed by atoms with Crippen LogP contribution < -0.4 is 4.90 Å². The van der Waals surface area contributed by atoms with E-state index in [9.17, 15) is 9.59 Å². The molecule has 1 atom stereocenters. The molecule has 1 aromatic carbocycles. The summed E-state index contributed by atoms with van der Waals surface area (Å²) in [5.41, 5.74) is 3.70. The van der Waals surface area contributed by atoms with Gasteiger partial charge in [0.1, 0.15) is 0 Å². The second-order valence-electron chi connectivity index (χ2n) is 7.40. The lowest BCUT2D eigenvalue weighted by atomic mass is 10.0. The van der Waals surface area contributed by atoms with Gasteiger partial charge in [-0.05, 0) is 35.9 Å². The molecule has 0 radical (unpaired) electrons. The van der Waals surface area contributed by atoms with Crippen LogP contribution in [0.5, 0.6) is 0 Å². The average Bonchev–Trinajstić information content (AvgIpc) is 3.13. The van der Waals surface area contributed by atoms with Gasteiger partial charge in [-0.1, -0.05) is 18.2 Å². The molecular weight excluding hydrogens is 352 g/mol. The van der Waals surface area contributed by atoms with Crippen molar-refractivity contribution in [2.75, 3.05) is 18.0 Å². The Bertz CT molecular complexity index is 1070. The number of pyridine rings is 2. The Kier molecular flexibility index (Phi) is 4.04. The number of para-hydroxylation sites is 1. The number of carbonyl (C=O) groups is 2. The zero-order valence-corrected chi connectivity index (χ0v) is 15.4. The number of hydrogen-bond donors (Lipinski definition) is 0. The van der Waals surface area contributed by atoms with Crippen LogP contribution in [0.1, 0.15) is 17.7 Å². The minimum atomic E-state index is -0.288. The molecule has 2 aliphatic heterocycles. The molecule has 28 heavy (non-hydrogen) atoms. The summed E-state index contributed by atoms with van der Waals surface area (Å²) in [4.78, 5) is 38.1. The Labute approximate surface area is 162 Å². The predicted octanol–water partition coefficient (Wildman–Crippen LogP) is 2.57. The van der Waals surface area contributed by atoms with Crippen molar-refractivity contribution in [2.45, 2.75) is 19.4 Å². The first kappa shape index (κ1) is 16.9. The lowest BCUT2D eigenvalue weighted by Gasteiger charge is -2.30. The van der Waals surface area contributed by atoms with E-state index in [1.165, 1.54) is 0 Å². The molecule has 2 aromatic heterocycles. The number of aromatic nitrogens is 2. The maximum Gasteiger partial charge on any atom is 0.228 e. The third-order valence-corrected chi connectivity index (χ3v) is 5.59. The maximum absolute atomic E-state index is 13.1. The van der Waals surface area contributed by atoms with Crippen LogP contribution in [0.15, 0.2) is 54.7 Å². The zero-order chi connectivity index (χ0) is 19.1. The van der Waals surface area contributed by atoms with Crippen LogP contribution in [0, 0.1) is 5.92 Å². The van der Waals surface area contributed by atoms with Crippen molar-refractivity contribution in [3.8, 4) is 0 Å². The molecule has 1 saturated heterocycles. The second-order valence-corrected chi connectivity index (χ2v) is 7.40. The van der Waals surface area contributed by atoms with Crippen LogP contribution in [-0.2, 0) is 22.6 Å². The highest BCUT2D eigenvalue weighted by Gasteiger charge is 2.38. The summed E-state index contributed by atoms with van der Waals surface area (Å²) >= 11 is 0. The van der Waals surface area contributed by atoms with Crippen LogP contribution >= 0.6 is 0 Å². The molecule has 6 nitrogen and oxygen atoms in total. The molecule has 0 aliphatic carbocycles. The number of fused-ring (bicyclic) bond motifs is 2. The number of hydrogen-bond acceptors (Lipinski definition) is 4. The first-order chi connectivity index (χ1) is 13.7. The predicted molar refractivity (Wildman–Crippen MR) is 106 cm³/mol. The van der Waals surface area contributed by atoms with Gasteiger partial charge in [0, 0.05) is 55.4 Å². The van der Waals surface area contributed by atoms with Gasteiger partial charge >= 0.3 is 0 Å². The number of benzene rings is 1. The quantitative estimate of drug-likeness (QED) is 0.693. The summed E-state index contributed by atoms with van der Waals surface area (Å²) in [6, 6.07) is 15.5. The summed E-state index contributed by atoms with van der Waals surface area (Å²) in [5.74, 6) is -0.214. The number of carbonyl (C=O) groups excluding carboxylic acids is 2. The Balaban J connectivity index is 1.34. The van der Waals surface area contributed by atoms with E-state index in [1.54, 1.807) is 11.1 Å². The van der Waals surface area contributed by atoms with Crippen LogP contribution in [0.3, 0.4) is 0 Å². The molecule has 140 valence electrons. The summed E-state index contributed by atoms with van der Waals surface area (Å²) < 4.78 is 0. The van der Waals surface area contributed by atoms with Gasteiger partial charge in [-0.3, -0.25) is 9.59 Å². The largest absolute Gasteiger partial charge is 0.338 e. The molecule has 3 aromatic rings. The molecule has 5 rings (SSSR count). The van der Waals surface area contributed by atoms with Crippen molar-refractivity contribution in [3.05, 3.63) is 66.0 Å². The SMILES string of the molecule is O=C(C1CC(=O)N(c2ccccc2)C1)N1CCc2nc3ncccc3cc2C1. The molecule has 0 bridgehead atoms. The zero-order valence-electron chi connectivity index (χ0n) is 15.4. The number of amides is 2. The molecule has 0 N–H and O–H groups in total. The average molecular weight is 372 g/mol. The number of nitrogens with zero attached hydrogens (tertiary/aromatic N) is 4. The van der Waals surface area contributed by atoms with Gasteiger partial charge in [0.15, 0.2) is 5.65 Å². The normalized spacial score (nSPS) is 19.1. The van der Waals surface area contributed by atoms with Gasteiger partial charge in [0.05, 0.1) is 5.92 Å². The van der Waals surface area contributed by atoms with Crippen molar-refractivity contribution in [3.63, 3.8) is 0 Å². The Morgan fingerprint density at radius 3 is 2.82 bits per heavy atom. The first-order valence-electron chi connectivity index (χ1n) is 9.57. The third kappa shape index (κ3) is 2.91. The minimum Gasteiger partial charge on any atom is -0.338 e. The molecule has 2 aliphatic rings. The van der Waals surface area contributed by atoms with Gasteiger partial charge in [0.25, 0.3) is 0 Å². The van der Waals surface area contributed by atoms with Crippen molar-refractivity contribution in [1.82, 2.24) is 14.9 Å². The fourth-order valence-electron chi connectivity index (χ4n) is 4.14. The molecule has 4 heterocycles. The van der Waals surface area contributed by atoms with Crippen LogP contribution in [-0.4, -0.2) is 39.8 Å². The topological polar surface area (TPSA) is 66.4 Å². The first-order valence-corrected chi connectivity index (χ1v) is 9.57. The lowest BCUT2D eigenvalue weighted by Crippen LogP contribution is -2.41. The summed E-state index contributed by atoms with van der Waals surface area (Å²) in [6.45, 7) is 1.63. The standard InChI is InChI=1S/C22H20N4O2/c27-20-12-17(14-26(20)18-6-2-1-3-7-18)22(28)25-10-8-19-16(13-25)11-15-5-4-9-23-21(15)24-19/h1-7,9,11,17H,8,10,12-14H2. The molecule has 0 saturated carbocycles. The highest BCUT2D eigenvalue weighted by Crippen LogP contribution is 2.28. The smallest absolute Gasteiger partial charge is 0.228 e. The van der Waals surface area contributed by atoms with Crippen LogP contribution in [0.25, 0.3) is 11.0 Å². The van der Waals surface area contributed by atoms with E-state index in [0.717, 1.165) is 34.4 Å². The fourth-order valence-corrected chi connectivity index (χ4v) is 4.14. The van der Waals surface area contributed by atoms with Crippen LogP contribution in [0.4, 0.5) is 5.69 Å². The van der Waals surface area contributed by atoms with Crippen molar-refractivity contribution in [2.24, 2.45) is 5.92 Å². The summed E-state index contributed by atoms with van der Waals surface area (Å²) in [5, 5.41) is 0.988. The van der Waals surface area contributed by atoms with Gasteiger partial charge in [-0.15, -0.1) is 0 Å².